The van der Waals surface area contributed by atoms with Crippen molar-refractivity contribution in [1.29, 1.82) is 0 Å². The molecule has 0 atom stereocenters. The predicted molar refractivity (Wildman–Crippen MR) is 114 cm³/mol. The summed E-state index contributed by atoms with van der Waals surface area (Å²) in [7, 11) is 1.60. The Labute approximate surface area is 171 Å². The Morgan fingerprint density at radius 1 is 0.931 bits per heavy atom. The molecule has 0 aliphatic carbocycles. The summed E-state index contributed by atoms with van der Waals surface area (Å²) < 4.78 is 16.9. The molecule has 0 unspecified atom stereocenters. The van der Waals surface area contributed by atoms with Gasteiger partial charge in [-0.1, -0.05) is 29.8 Å². The topological polar surface area (TPSA) is 56.8 Å². The molecular formula is C24H25NO4. The van der Waals surface area contributed by atoms with Gasteiger partial charge in [-0.2, -0.15) is 0 Å². The minimum Gasteiger partial charge on any atom is -0.496 e. The van der Waals surface area contributed by atoms with Crippen LogP contribution in [0.25, 0.3) is 0 Å². The summed E-state index contributed by atoms with van der Waals surface area (Å²) in [6.45, 7) is 4.75. The molecule has 3 aromatic rings. The summed E-state index contributed by atoms with van der Waals surface area (Å²) >= 11 is 0. The van der Waals surface area contributed by atoms with Gasteiger partial charge in [0.15, 0.2) is 0 Å². The minimum absolute atomic E-state index is 0.226. The molecule has 5 heteroatoms. The van der Waals surface area contributed by atoms with E-state index in [0.29, 0.717) is 36.0 Å². The van der Waals surface area contributed by atoms with Crippen LogP contribution in [0.15, 0.2) is 66.7 Å². The second-order valence-electron chi connectivity index (χ2n) is 6.51. The summed E-state index contributed by atoms with van der Waals surface area (Å²) in [5.41, 5.74) is 3.10. The van der Waals surface area contributed by atoms with E-state index in [4.69, 9.17) is 14.2 Å². The quantitative estimate of drug-likeness (QED) is 0.571. The van der Waals surface area contributed by atoms with E-state index < -0.39 is 0 Å². The second-order valence-corrected chi connectivity index (χ2v) is 6.51. The van der Waals surface area contributed by atoms with Crippen LogP contribution >= 0.6 is 0 Å². The number of ether oxygens (including phenoxy) is 3. The number of benzene rings is 3. The van der Waals surface area contributed by atoms with Gasteiger partial charge < -0.3 is 19.5 Å². The largest absolute Gasteiger partial charge is 0.496 e. The third-order valence-corrected chi connectivity index (χ3v) is 4.39. The normalized spacial score (nSPS) is 10.3. The van der Waals surface area contributed by atoms with E-state index in [1.54, 1.807) is 25.3 Å². The molecule has 0 spiro atoms. The molecule has 1 N–H and O–H groups in total. The lowest BCUT2D eigenvalue weighted by Gasteiger charge is -2.14. The van der Waals surface area contributed by atoms with E-state index >= 15 is 0 Å². The summed E-state index contributed by atoms with van der Waals surface area (Å²) in [5.74, 6) is 1.85. The fraction of sp³-hybridized carbons (Fsp3) is 0.208. The molecule has 0 radical (unpaired) electrons. The first kappa shape index (κ1) is 20.3. The maximum atomic E-state index is 12.8. The molecule has 1 amide bonds. The Hall–Kier alpha value is -3.47. The highest BCUT2D eigenvalue weighted by atomic mass is 16.5. The van der Waals surface area contributed by atoms with Gasteiger partial charge in [0.05, 0.1) is 19.4 Å². The summed E-state index contributed by atoms with van der Waals surface area (Å²) in [6, 6.07) is 20.5. The van der Waals surface area contributed by atoms with Crippen molar-refractivity contribution >= 4 is 11.6 Å². The molecule has 0 saturated carbocycles. The van der Waals surface area contributed by atoms with Crippen LogP contribution in [0.2, 0.25) is 0 Å². The molecular weight excluding hydrogens is 366 g/mol. The van der Waals surface area contributed by atoms with Crippen molar-refractivity contribution in [1.82, 2.24) is 0 Å². The van der Waals surface area contributed by atoms with E-state index in [9.17, 15) is 4.79 Å². The lowest BCUT2D eigenvalue weighted by Crippen LogP contribution is -2.14. The van der Waals surface area contributed by atoms with Crippen molar-refractivity contribution in [2.24, 2.45) is 0 Å². The first-order valence-corrected chi connectivity index (χ1v) is 9.50. The number of rotatable bonds is 8. The fourth-order valence-electron chi connectivity index (χ4n) is 2.87. The number of hydrogen-bond acceptors (Lipinski definition) is 4. The standard InChI is InChI=1S/C24H25NO4/c1-4-28-23-8-6-5-7-21(23)25-24(26)18-11-14-22(27-3)19(15-18)16-29-20-12-9-17(2)10-13-20/h5-15H,4,16H2,1-3H3,(H,25,26). The van der Waals surface area contributed by atoms with E-state index in [1.807, 2.05) is 62.4 Å². The number of carbonyl (C=O) groups excluding carboxylic acids is 1. The first-order chi connectivity index (χ1) is 14.1. The van der Waals surface area contributed by atoms with Crippen molar-refractivity contribution in [3.8, 4) is 17.2 Å². The van der Waals surface area contributed by atoms with Crippen molar-refractivity contribution in [3.63, 3.8) is 0 Å². The van der Waals surface area contributed by atoms with Gasteiger partial charge in [-0.15, -0.1) is 0 Å². The van der Waals surface area contributed by atoms with Crippen LogP contribution < -0.4 is 19.5 Å². The molecule has 0 saturated heterocycles. The third kappa shape index (κ3) is 5.29. The van der Waals surface area contributed by atoms with Crippen molar-refractivity contribution in [2.75, 3.05) is 19.0 Å². The average molecular weight is 391 g/mol. The zero-order valence-corrected chi connectivity index (χ0v) is 16.9. The molecule has 0 fully saturated rings. The van der Waals surface area contributed by atoms with Crippen LogP contribution in [0.5, 0.6) is 17.2 Å². The van der Waals surface area contributed by atoms with Gasteiger partial charge in [0.25, 0.3) is 5.91 Å². The number of aryl methyl sites for hydroxylation is 1. The number of nitrogens with one attached hydrogen (secondary N) is 1. The van der Waals surface area contributed by atoms with Crippen LogP contribution in [-0.2, 0) is 6.61 Å². The van der Waals surface area contributed by atoms with Crippen molar-refractivity contribution < 1.29 is 19.0 Å². The fourth-order valence-corrected chi connectivity index (χ4v) is 2.87. The number of methoxy groups -OCH3 is 1. The zero-order chi connectivity index (χ0) is 20.6. The molecule has 0 bridgehead atoms. The number of hydrogen-bond donors (Lipinski definition) is 1. The molecule has 0 aliphatic heterocycles. The lowest BCUT2D eigenvalue weighted by molar-refractivity contribution is 0.102. The van der Waals surface area contributed by atoms with Crippen LogP contribution in [0, 0.1) is 6.92 Å². The van der Waals surface area contributed by atoms with Crippen LogP contribution in [-0.4, -0.2) is 19.6 Å². The zero-order valence-electron chi connectivity index (χ0n) is 16.9. The predicted octanol–water partition coefficient (Wildman–Crippen LogP) is 5.23. The van der Waals surface area contributed by atoms with E-state index in [0.717, 1.165) is 11.3 Å². The van der Waals surface area contributed by atoms with E-state index in [1.165, 1.54) is 5.56 Å². The van der Waals surface area contributed by atoms with Gasteiger partial charge >= 0.3 is 0 Å². The molecule has 29 heavy (non-hydrogen) atoms. The summed E-state index contributed by atoms with van der Waals surface area (Å²) in [4.78, 5) is 12.8. The molecule has 0 aromatic heterocycles. The van der Waals surface area contributed by atoms with Crippen molar-refractivity contribution in [3.05, 3.63) is 83.4 Å². The van der Waals surface area contributed by atoms with E-state index in [2.05, 4.69) is 5.32 Å². The van der Waals surface area contributed by atoms with Crippen molar-refractivity contribution in [2.45, 2.75) is 20.5 Å². The Balaban J connectivity index is 1.76. The molecule has 3 aromatic carbocycles. The Morgan fingerprint density at radius 2 is 1.69 bits per heavy atom. The molecule has 0 aliphatic rings. The molecule has 5 nitrogen and oxygen atoms in total. The van der Waals surface area contributed by atoms with Gasteiger partial charge in [-0.05, 0) is 56.3 Å². The number of carbonyl (C=O) groups is 1. The van der Waals surface area contributed by atoms with Crippen LogP contribution in [0.3, 0.4) is 0 Å². The number of para-hydroxylation sites is 2. The molecule has 3 rings (SSSR count). The van der Waals surface area contributed by atoms with Crippen LogP contribution in [0.1, 0.15) is 28.4 Å². The highest BCUT2D eigenvalue weighted by molar-refractivity contribution is 6.05. The monoisotopic (exact) mass is 391 g/mol. The first-order valence-electron chi connectivity index (χ1n) is 9.50. The summed E-state index contributed by atoms with van der Waals surface area (Å²) in [5, 5.41) is 2.91. The van der Waals surface area contributed by atoms with E-state index in [-0.39, 0.29) is 5.91 Å². The Morgan fingerprint density at radius 3 is 2.41 bits per heavy atom. The van der Waals surface area contributed by atoms with Gasteiger partial charge in [-0.25, -0.2) is 0 Å². The molecule has 0 heterocycles. The SMILES string of the molecule is CCOc1ccccc1NC(=O)c1ccc(OC)c(COc2ccc(C)cc2)c1. The van der Waals surface area contributed by atoms with Gasteiger partial charge in [0.1, 0.15) is 23.9 Å². The van der Waals surface area contributed by atoms with Gasteiger partial charge in [-0.3, -0.25) is 4.79 Å². The van der Waals surface area contributed by atoms with Gasteiger partial charge in [0, 0.05) is 11.1 Å². The lowest BCUT2D eigenvalue weighted by atomic mass is 10.1. The smallest absolute Gasteiger partial charge is 0.255 e. The Kier molecular flexibility index (Phi) is 6.74. The number of anilines is 1. The van der Waals surface area contributed by atoms with Crippen LogP contribution in [0.4, 0.5) is 5.69 Å². The highest BCUT2D eigenvalue weighted by Crippen LogP contribution is 2.26. The second kappa shape index (κ2) is 9.64. The summed E-state index contributed by atoms with van der Waals surface area (Å²) in [6.07, 6.45) is 0. The number of amides is 1. The van der Waals surface area contributed by atoms with Gasteiger partial charge in [0.2, 0.25) is 0 Å². The molecule has 150 valence electrons. The third-order valence-electron chi connectivity index (χ3n) is 4.39. The average Bonchev–Trinajstić information content (AvgIpc) is 2.74. The highest BCUT2D eigenvalue weighted by Gasteiger charge is 2.13. The Bertz CT molecular complexity index is 967. The maximum absolute atomic E-state index is 12.8. The maximum Gasteiger partial charge on any atom is 0.255 e. The minimum atomic E-state index is -0.226.